The third kappa shape index (κ3) is 5.47. The van der Waals surface area contributed by atoms with Gasteiger partial charge in [-0.2, -0.15) is 0 Å². The number of benzene rings is 3. The predicted molar refractivity (Wildman–Crippen MR) is 185 cm³/mol. The van der Waals surface area contributed by atoms with Crippen molar-refractivity contribution in [3.63, 3.8) is 0 Å². The SMILES string of the molecule is C[C@H]1[C@H]([Si](C)(C)F)[C@@H](CC(=O)N2Cc3ccccc3C[C@H]2CO)O[C@]12C(=O)N(Cc1ccc(N3CCCC3=O)cc1)c1ccc(Cl)cc12. The lowest BCUT2D eigenvalue weighted by Crippen LogP contribution is -2.48. The number of ether oxygens (including phenoxy) is 1. The molecular weight excluding hydrogens is 649 g/mol. The van der Waals surface area contributed by atoms with Gasteiger partial charge in [0.25, 0.3) is 5.91 Å². The molecule has 0 aliphatic carbocycles. The summed E-state index contributed by atoms with van der Waals surface area (Å²) in [6, 6.07) is 20.4. The van der Waals surface area contributed by atoms with Crippen molar-refractivity contribution >= 4 is 49.1 Å². The first-order chi connectivity index (χ1) is 22.9. The molecule has 1 spiro atoms. The highest BCUT2D eigenvalue weighted by atomic mass is 35.5. The van der Waals surface area contributed by atoms with Crippen LogP contribution in [0.25, 0.3) is 0 Å². The van der Waals surface area contributed by atoms with Crippen LogP contribution in [0.4, 0.5) is 15.5 Å². The highest BCUT2D eigenvalue weighted by Gasteiger charge is 2.67. The lowest BCUT2D eigenvalue weighted by molar-refractivity contribution is -0.151. The zero-order valence-electron chi connectivity index (χ0n) is 27.5. The van der Waals surface area contributed by atoms with E-state index in [4.69, 9.17) is 16.3 Å². The molecule has 7 rings (SSSR count). The molecule has 2 fully saturated rings. The van der Waals surface area contributed by atoms with Crippen LogP contribution in [0.15, 0.2) is 66.7 Å². The van der Waals surface area contributed by atoms with Crippen molar-refractivity contribution < 1.29 is 28.3 Å². The minimum atomic E-state index is -3.51. The van der Waals surface area contributed by atoms with E-state index in [1.807, 2.05) is 55.5 Å². The summed E-state index contributed by atoms with van der Waals surface area (Å²) >= 11 is 6.53. The Labute approximate surface area is 286 Å². The third-order valence-electron chi connectivity index (χ3n) is 10.8. The molecule has 3 aromatic rings. The van der Waals surface area contributed by atoms with Crippen molar-refractivity contribution in [2.75, 3.05) is 23.0 Å². The molecule has 4 heterocycles. The van der Waals surface area contributed by atoms with Gasteiger partial charge in [0.05, 0.1) is 37.4 Å². The van der Waals surface area contributed by atoms with Crippen molar-refractivity contribution in [2.45, 2.75) is 82.1 Å². The summed E-state index contributed by atoms with van der Waals surface area (Å²) in [5.41, 5.74) is 2.89. The standard InChI is InChI=1S/C37H41ClFN3O5Si/c1-23-35(48(2,3)39)32(19-34(45)41-21-26-8-5-4-7-25(26)17-29(41)22-43)47-37(23)30-18-27(38)12-15-31(30)42(36(37)46)20-24-10-13-28(14-11-24)40-16-6-9-33(40)44/h4-5,7-8,10-15,18,23,29,32,35,43H,6,9,16-17,19-22H2,1-3H3/t23-,29-,32+,35-,37+/m0/s1. The maximum atomic E-state index is 16.4. The number of rotatable bonds is 7. The second kappa shape index (κ2) is 12.4. The van der Waals surface area contributed by atoms with Crippen LogP contribution in [0.3, 0.4) is 0 Å². The molecule has 1 N–H and O–H groups in total. The molecule has 3 amide bonds. The zero-order valence-corrected chi connectivity index (χ0v) is 29.3. The topological polar surface area (TPSA) is 90.4 Å². The third-order valence-corrected chi connectivity index (χ3v) is 13.5. The van der Waals surface area contributed by atoms with Crippen LogP contribution in [0.5, 0.6) is 0 Å². The Morgan fingerprint density at radius 1 is 1.08 bits per heavy atom. The van der Waals surface area contributed by atoms with E-state index in [-0.39, 0.29) is 37.3 Å². The monoisotopic (exact) mass is 689 g/mol. The zero-order chi connectivity index (χ0) is 34.0. The van der Waals surface area contributed by atoms with E-state index < -0.39 is 37.6 Å². The molecule has 3 aromatic carbocycles. The largest absolute Gasteiger partial charge is 0.394 e. The number of aliphatic hydroxyl groups excluding tert-OH is 1. The number of amides is 3. The van der Waals surface area contributed by atoms with E-state index >= 15 is 4.11 Å². The number of carbonyl (C=O) groups excluding carboxylic acids is 3. The minimum Gasteiger partial charge on any atom is -0.394 e. The van der Waals surface area contributed by atoms with Gasteiger partial charge in [-0.05, 0) is 73.0 Å². The molecule has 4 aliphatic rings. The van der Waals surface area contributed by atoms with Gasteiger partial charge in [0, 0.05) is 47.2 Å². The van der Waals surface area contributed by atoms with Gasteiger partial charge in [-0.1, -0.05) is 54.9 Å². The molecular formula is C37H41ClFN3O5Si. The number of halogens is 2. The minimum absolute atomic E-state index is 0.102. The lowest BCUT2D eigenvalue weighted by atomic mass is 9.82. The molecule has 0 unspecified atom stereocenters. The van der Waals surface area contributed by atoms with Crippen molar-refractivity contribution in [2.24, 2.45) is 5.92 Å². The van der Waals surface area contributed by atoms with Crippen molar-refractivity contribution in [3.8, 4) is 0 Å². The Kier molecular flexibility index (Phi) is 8.51. The van der Waals surface area contributed by atoms with Crippen LogP contribution in [0, 0.1) is 5.92 Å². The summed E-state index contributed by atoms with van der Waals surface area (Å²) in [6.45, 7) is 6.20. The first-order valence-corrected chi connectivity index (χ1v) is 20.1. The first-order valence-electron chi connectivity index (χ1n) is 16.8. The number of aliphatic hydroxyl groups is 1. The number of carbonyl (C=O) groups is 3. The van der Waals surface area contributed by atoms with E-state index in [9.17, 15) is 19.5 Å². The van der Waals surface area contributed by atoms with Gasteiger partial charge in [0.2, 0.25) is 20.2 Å². The summed E-state index contributed by atoms with van der Waals surface area (Å²) < 4.78 is 23.2. The number of hydrogen-bond donors (Lipinski definition) is 1. The Morgan fingerprint density at radius 3 is 2.48 bits per heavy atom. The molecule has 0 radical (unpaired) electrons. The highest BCUT2D eigenvalue weighted by Crippen LogP contribution is 2.60. The maximum Gasteiger partial charge on any atom is 0.264 e. The summed E-state index contributed by atoms with van der Waals surface area (Å²) in [6.07, 6.45) is 0.969. The van der Waals surface area contributed by atoms with Crippen LogP contribution in [0.1, 0.15) is 48.4 Å². The van der Waals surface area contributed by atoms with E-state index in [1.165, 1.54) is 0 Å². The van der Waals surface area contributed by atoms with E-state index in [0.717, 1.165) is 28.8 Å². The molecule has 0 saturated carbocycles. The molecule has 4 aliphatic heterocycles. The van der Waals surface area contributed by atoms with Gasteiger partial charge in [-0.15, -0.1) is 0 Å². The van der Waals surface area contributed by atoms with E-state index in [1.54, 1.807) is 46.0 Å². The number of hydrogen-bond acceptors (Lipinski definition) is 5. The summed E-state index contributed by atoms with van der Waals surface area (Å²) in [4.78, 5) is 46.2. The van der Waals surface area contributed by atoms with Crippen LogP contribution in [0.2, 0.25) is 23.7 Å². The van der Waals surface area contributed by atoms with Gasteiger partial charge < -0.3 is 28.7 Å². The summed E-state index contributed by atoms with van der Waals surface area (Å²) in [5, 5.41) is 10.7. The van der Waals surface area contributed by atoms with Crippen LogP contribution < -0.4 is 9.80 Å². The Bertz CT molecular complexity index is 1770. The van der Waals surface area contributed by atoms with Crippen molar-refractivity contribution in [1.82, 2.24) is 4.90 Å². The van der Waals surface area contributed by atoms with Gasteiger partial charge >= 0.3 is 0 Å². The second-order valence-electron chi connectivity index (χ2n) is 14.2. The number of fused-ring (bicyclic) bond motifs is 3. The Morgan fingerprint density at radius 2 is 1.81 bits per heavy atom. The van der Waals surface area contributed by atoms with Gasteiger partial charge in [0.1, 0.15) is 0 Å². The molecule has 11 heteroatoms. The summed E-state index contributed by atoms with van der Waals surface area (Å²) in [5.74, 6) is -0.997. The number of nitrogens with zero attached hydrogens (tertiary/aromatic N) is 3. The number of anilines is 2. The van der Waals surface area contributed by atoms with Crippen molar-refractivity contribution in [3.05, 3.63) is 94.0 Å². The summed E-state index contributed by atoms with van der Waals surface area (Å²) in [7, 11) is -3.51. The molecule has 8 nitrogen and oxygen atoms in total. The van der Waals surface area contributed by atoms with Gasteiger partial charge in [0.15, 0.2) is 5.60 Å². The quantitative estimate of drug-likeness (QED) is 0.238. The fraction of sp³-hybridized carbons (Fsp3) is 0.432. The lowest BCUT2D eigenvalue weighted by Gasteiger charge is -2.37. The van der Waals surface area contributed by atoms with E-state index in [0.29, 0.717) is 42.2 Å². The van der Waals surface area contributed by atoms with Crippen LogP contribution in [-0.4, -0.2) is 61.4 Å². The highest BCUT2D eigenvalue weighted by molar-refractivity contribution is 6.72. The van der Waals surface area contributed by atoms with E-state index in [2.05, 4.69) is 0 Å². The molecule has 0 aromatic heterocycles. The predicted octanol–water partition coefficient (Wildman–Crippen LogP) is 6.12. The van der Waals surface area contributed by atoms with Crippen LogP contribution >= 0.6 is 11.6 Å². The average Bonchev–Trinajstić information content (AvgIpc) is 3.69. The average molecular weight is 690 g/mol. The van der Waals surface area contributed by atoms with Gasteiger partial charge in [-0.25, -0.2) is 0 Å². The molecule has 48 heavy (non-hydrogen) atoms. The molecule has 5 atom stereocenters. The molecule has 0 bridgehead atoms. The molecule has 2 saturated heterocycles. The maximum absolute atomic E-state index is 16.4. The van der Waals surface area contributed by atoms with Gasteiger partial charge in [-0.3, -0.25) is 14.4 Å². The second-order valence-corrected chi connectivity index (χ2v) is 18.4. The smallest absolute Gasteiger partial charge is 0.264 e. The molecule has 252 valence electrons. The normalized spacial score (nSPS) is 26.8. The fourth-order valence-corrected chi connectivity index (χ4v) is 11.3. The Balaban J connectivity index is 1.20. The van der Waals surface area contributed by atoms with Crippen LogP contribution in [-0.2, 0) is 44.2 Å². The van der Waals surface area contributed by atoms with Crippen molar-refractivity contribution in [1.29, 1.82) is 0 Å². The fourth-order valence-electron chi connectivity index (χ4n) is 8.59. The first kappa shape index (κ1) is 32.9. The Hall–Kier alpha value is -3.57.